The third-order valence-electron chi connectivity index (χ3n) is 5.60. The van der Waals surface area contributed by atoms with E-state index in [1.54, 1.807) is 31.4 Å². The Morgan fingerprint density at radius 3 is 2.57 bits per heavy atom. The van der Waals surface area contributed by atoms with Crippen LogP contribution in [-0.4, -0.2) is 34.2 Å². The summed E-state index contributed by atoms with van der Waals surface area (Å²) in [5, 5.41) is 26.5. The molecule has 1 aromatic heterocycles. The molecular weight excluding hydrogens is 442 g/mol. The molecule has 2 amide bonds. The maximum Gasteiger partial charge on any atom is 0.276 e. The molecule has 8 heteroatoms. The summed E-state index contributed by atoms with van der Waals surface area (Å²) in [5.74, 6) is -0.468. The summed E-state index contributed by atoms with van der Waals surface area (Å²) in [7, 11) is 1.59. The van der Waals surface area contributed by atoms with Gasteiger partial charge in [-0.15, -0.1) is 0 Å². The largest absolute Gasteiger partial charge is 0.384 e. The maximum atomic E-state index is 12.9. The minimum atomic E-state index is -0.783. The summed E-state index contributed by atoms with van der Waals surface area (Å²) >= 11 is 0. The molecule has 0 spiro atoms. The lowest BCUT2D eigenvalue weighted by atomic mass is 10.00. The lowest BCUT2D eigenvalue weighted by Crippen LogP contribution is -2.20. The number of nitrogens with one attached hydrogen (secondary N) is 4. The quantitative estimate of drug-likeness (QED) is 0.256. The van der Waals surface area contributed by atoms with Crippen molar-refractivity contribution in [2.75, 3.05) is 17.7 Å². The molecule has 0 aliphatic rings. The van der Waals surface area contributed by atoms with Gasteiger partial charge in [-0.1, -0.05) is 60.7 Å². The highest BCUT2D eigenvalue weighted by Crippen LogP contribution is 2.28. The Morgan fingerprint density at radius 1 is 1.00 bits per heavy atom. The van der Waals surface area contributed by atoms with Gasteiger partial charge >= 0.3 is 0 Å². The molecule has 0 bridgehead atoms. The fraction of sp³-hybridized carbons (Fsp3) is 0.148. The van der Waals surface area contributed by atoms with Crippen molar-refractivity contribution in [2.45, 2.75) is 19.1 Å². The molecule has 0 saturated carbocycles. The van der Waals surface area contributed by atoms with Crippen LogP contribution in [0.1, 0.15) is 38.8 Å². The molecule has 4 rings (SSSR count). The van der Waals surface area contributed by atoms with Crippen LogP contribution in [0.5, 0.6) is 0 Å². The Hall–Kier alpha value is -4.43. The number of hydrogen-bond acceptors (Lipinski definition) is 5. The first kappa shape index (κ1) is 23.7. The Morgan fingerprint density at radius 2 is 1.77 bits per heavy atom. The van der Waals surface area contributed by atoms with Crippen molar-refractivity contribution >= 4 is 23.2 Å². The first-order chi connectivity index (χ1) is 17.0. The highest BCUT2D eigenvalue weighted by Gasteiger charge is 2.17. The van der Waals surface area contributed by atoms with Gasteiger partial charge in [0.2, 0.25) is 5.91 Å². The fourth-order valence-electron chi connectivity index (χ4n) is 3.77. The molecule has 1 heterocycles. The van der Waals surface area contributed by atoms with E-state index in [0.29, 0.717) is 17.8 Å². The van der Waals surface area contributed by atoms with E-state index in [2.05, 4.69) is 26.1 Å². The highest BCUT2D eigenvalue weighted by atomic mass is 16.3. The van der Waals surface area contributed by atoms with Gasteiger partial charge in [-0.05, 0) is 29.3 Å². The molecule has 1 atom stereocenters. The fourth-order valence-corrected chi connectivity index (χ4v) is 3.77. The molecular formula is C27H27N5O3. The van der Waals surface area contributed by atoms with Crippen molar-refractivity contribution in [2.24, 2.45) is 0 Å². The summed E-state index contributed by atoms with van der Waals surface area (Å²) in [6.07, 6.45) is 1.11. The molecule has 0 aliphatic heterocycles. The maximum absolute atomic E-state index is 12.9. The zero-order valence-electron chi connectivity index (χ0n) is 19.3. The predicted octanol–water partition coefficient (Wildman–Crippen LogP) is 3.64. The third-order valence-corrected chi connectivity index (χ3v) is 5.60. The topological polar surface area (TPSA) is 119 Å². The van der Waals surface area contributed by atoms with Crippen LogP contribution >= 0.6 is 0 Å². The minimum absolute atomic E-state index is 0.105. The first-order valence-electron chi connectivity index (χ1n) is 11.2. The van der Waals surface area contributed by atoms with Gasteiger partial charge in [-0.2, -0.15) is 5.10 Å². The number of aliphatic hydroxyl groups is 1. The van der Waals surface area contributed by atoms with Crippen LogP contribution in [0.3, 0.4) is 0 Å². The van der Waals surface area contributed by atoms with Crippen molar-refractivity contribution in [1.82, 2.24) is 15.5 Å². The number of nitrogens with zero attached hydrogens (tertiary/aromatic N) is 1. The number of para-hydroxylation sites is 1. The van der Waals surface area contributed by atoms with Crippen LogP contribution in [0, 0.1) is 0 Å². The zero-order valence-corrected chi connectivity index (χ0v) is 19.3. The van der Waals surface area contributed by atoms with Crippen molar-refractivity contribution in [1.29, 1.82) is 0 Å². The third kappa shape index (κ3) is 5.93. The zero-order chi connectivity index (χ0) is 24.6. The number of hydrogen-bond donors (Lipinski definition) is 5. The number of H-pyrrole nitrogens is 1. The Kier molecular flexibility index (Phi) is 7.54. The molecule has 8 nitrogen and oxygen atoms in total. The van der Waals surface area contributed by atoms with E-state index in [4.69, 9.17) is 0 Å². The Balaban J connectivity index is 1.45. The number of amides is 2. The predicted molar refractivity (Wildman–Crippen MR) is 135 cm³/mol. The van der Waals surface area contributed by atoms with Gasteiger partial charge in [0, 0.05) is 42.3 Å². The van der Waals surface area contributed by atoms with E-state index in [0.717, 1.165) is 22.4 Å². The van der Waals surface area contributed by atoms with Crippen molar-refractivity contribution < 1.29 is 14.7 Å². The molecule has 0 unspecified atom stereocenters. The van der Waals surface area contributed by atoms with Gasteiger partial charge in [0.25, 0.3) is 5.91 Å². The summed E-state index contributed by atoms with van der Waals surface area (Å²) < 4.78 is 0. The molecule has 0 fully saturated rings. The van der Waals surface area contributed by atoms with E-state index in [-0.39, 0.29) is 23.9 Å². The van der Waals surface area contributed by atoms with Gasteiger partial charge in [-0.25, -0.2) is 0 Å². The summed E-state index contributed by atoms with van der Waals surface area (Å²) in [5.41, 5.74) is 4.60. The molecule has 35 heavy (non-hydrogen) atoms. The van der Waals surface area contributed by atoms with Gasteiger partial charge in [0.15, 0.2) is 5.69 Å². The second kappa shape index (κ2) is 11.1. The average Bonchev–Trinajstić information content (AvgIpc) is 3.37. The van der Waals surface area contributed by atoms with Gasteiger partial charge < -0.3 is 21.1 Å². The number of rotatable bonds is 9. The van der Waals surface area contributed by atoms with E-state index in [1.807, 2.05) is 60.7 Å². The van der Waals surface area contributed by atoms with Crippen molar-refractivity contribution in [3.63, 3.8) is 0 Å². The number of aromatic amines is 1. The van der Waals surface area contributed by atoms with Gasteiger partial charge in [-0.3, -0.25) is 14.7 Å². The van der Waals surface area contributed by atoms with E-state index in [1.165, 1.54) is 0 Å². The second-order valence-corrected chi connectivity index (χ2v) is 8.02. The highest BCUT2D eigenvalue weighted by molar-refractivity contribution is 6.04. The molecule has 0 aliphatic carbocycles. The van der Waals surface area contributed by atoms with Crippen LogP contribution in [0.25, 0.3) is 0 Å². The first-order valence-corrected chi connectivity index (χ1v) is 11.2. The van der Waals surface area contributed by atoms with Gasteiger partial charge in [0.1, 0.15) is 6.10 Å². The Labute approximate surface area is 203 Å². The monoisotopic (exact) mass is 469 g/mol. The van der Waals surface area contributed by atoms with Crippen LogP contribution in [-0.2, 0) is 17.8 Å². The number of aromatic nitrogens is 2. The van der Waals surface area contributed by atoms with Gasteiger partial charge in [0.05, 0.1) is 6.42 Å². The number of carbonyl (C=O) groups is 2. The lowest BCUT2D eigenvalue weighted by molar-refractivity contribution is -0.119. The SMILES string of the molecule is CNC(=O)Cc1cccc(NC(=O)c2n[nH]cc2CNc2ccccc2[C@H](O)c2ccccc2)c1. The molecule has 0 saturated heterocycles. The van der Waals surface area contributed by atoms with Crippen molar-refractivity contribution in [3.05, 3.63) is 113 Å². The number of likely N-dealkylation sites (N-methyl/N-ethyl adjacent to an activating group) is 1. The van der Waals surface area contributed by atoms with Crippen molar-refractivity contribution in [3.8, 4) is 0 Å². The number of benzene rings is 3. The van der Waals surface area contributed by atoms with E-state index < -0.39 is 6.10 Å². The Bertz CT molecular complexity index is 1300. The normalized spacial score (nSPS) is 11.5. The smallest absolute Gasteiger partial charge is 0.276 e. The van der Waals surface area contributed by atoms with Crippen LogP contribution < -0.4 is 16.0 Å². The molecule has 5 N–H and O–H groups in total. The standard InChI is InChI=1S/C27H27N5O3/c1-28-24(33)15-18-8-7-11-21(14-18)31-27(35)25-20(17-30-32-25)16-29-23-13-6-5-12-22(23)26(34)19-9-3-2-4-10-19/h2-14,17,26,29,34H,15-16H2,1H3,(H,28,33)(H,30,32)(H,31,35)/t26-/m1/s1. The minimum Gasteiger partial charge on any atom is -0.384 e. The molecule has 0 radical (unpaired) electrons. The summed E-state index contributed by atoms with van der Waals surface area (Å²) in [4.78, 5) is 24.6. The number of anilines is 2. The number of aliphatic hydroxyl groups excluding tert-OH is 1. The lowest BCUT2D eigenvalue weighted by Gasteiger charge is -2.17. The molecule has 3 aromatic carbocycles. The molecule has 178 valence electrons. The van der Waals surface area contributed by atoms with E-state index in [9.17, 15) is 14.7 Å². The van der Waals surface area contributed by atoms with Crippen LogP contribution in [0.15, 0.2) is 85.1 Å². The summed E-state index contributed by atoms with van der Waals surface area (Å²) in [6, 6.07) is 24.1. The average molecular weight is 470 g/mol. The van der Waals surface area contributed by atoms with E-state index >= 15 is 0 Å². The van der Waals surface area contributed by atoms with Crippen LogP contribution in [0.4, 0.5) is 11.4 Å². The second-order valence-electron chi connectivity index (χ2n) is 8.02. The number of carbonyl (C=O) groups excluding carboxylic acids is 2. The summed E-state index contributed by atoms with van der Waals surface area (Å²) in [6.45, 7) is 0.328. The van der Waals surface area contributed by atoms with Crippen LogP contribution in [0.2, 0.25) is 0 Å². The molecule has 4 aromatic rings.